The second-order valence-corrected chi connectivity index (χ2v) is 11.1. The van der Waals surface area contributed by atoms with Crippen molar-refractivity contribution < 1.29 is 0 Å². The zero-order chi connectivity index (χ0) is 29.0. The molecule has 44 heavy (non-hydrogen) atoms. The van der Waals surface area contributed by atoms with Crippen LogP contribution in [-0.2, 0) is 0 Å². The maximum absolute atomic E-state index is 5.14. The van der Waals surface area contributed by atoms with Crippen LogP contribution in [0.3, 0.4) is 0 Å². The average molecular weight is 561 g/mol. The number of benzene rings is 7. The third kappa shape index (κ3) is 4.00. The summed E-state index contributed by atoms with van der Waals surface area (Å²) in [6.07, 6.45) is 1.88. The zero-order valence-electron chi connectivity index (χ0n) is 23.6. The molecule has 0 bridgehead atoms. The van der Waals surface area contributed by atoms with Gasteiger partial charge in [0.15, 0.2) is 11.6 Å². The van der Waals surface area contributed by atoms with E-state index in [4.69, 9.17) is 15.0 Å². The van der Waals surface area contributed by atoms with Crippen molar-refractivity contribution in [3.8, 4) is 45.3 Å². The van der Waals surface area contributed by atoms with Crippen LogP contribution in [0.25, 0.3) is 88.5 Å². The van der Waals surface area contributed by atoms with E-state index in [0.29, 0.717) is 11.6 Å². The van der Waals surface area contributed by atoms with E-state index in [2.05, 4.69) is 102 Å². The van der Waals surface area contributed by atoms with Crippen molar-refractivity contribution in [2.45, 2.75) is 0 Å². The highest BCUT2D eigenvalue weighted by molar-refractivity contribution is 6.25. The first-order valence-corrected chi connectivity index (χ1v) is 14.7. The fraction of sp³-hybridized carbons (Fsp3) is 0. The molecule has 2 aromatic heterocycles. The van der Waals surface area contributed by atoms with E-state index in [-0.39, 0.29) is 0 Å². The lowest BCUT2D eigenvalue weighted by atomic mass is 9.91. The van der Waals surface area contributed by atoms with Crippen molar-refractivity contribution >= 4 is 43.2 Å². The molecule has 0 atom stereocenters. The monoisotopic (exact) mass is 560 g/mol. The normalized spacial score (nSPS) is 11.6. The highest BCUT2D eigenvalue weighted by Crippen LogP contribution is 2.40. The third-order valence-corrected chi connectivity index (χ3v) is 8.49. The molecule has 0 aliphatic heterocycles. The van der Waals surface area contributed by atoms with E-state index in [9.17, 15) is 0 Å². The number of rotatable bonds is 4. The predicted molar refractivity (Wildman–Crippen MR) is 181 cm³/mol. The van der Waals surface area contributed by atoms with Gasteiger partial charge in [0.1, 0.15) is 0 Å². The Kier molecular flexibility index (Phi) is 5.47. The topological polar surface area (TPSA) is 51.6 Å². The van der Waals surface area contributed by atoms with E-state index in [1.165, 1.54) is 32.3 Å². The molecule has 0 spiro atoms. The molecule has 0 amide bonds. The first-order valence-electron chi connectivity index (χ1n) is 14.7. The lowest BCUT2D eigenvalue weighted by Gasteiger charge is -2.15. The van der Waals surface area contributed by atoms with Crippen LogP contribution in [0.5, 0.6) is 0 Å². The third-order valence-electron chi connectivity index (χ3n) is 8.49. The minimum absolute atomic E-state index is 0.700. The Hall–Kier alpha value is -6.00. The van der Waals surface area contributed by atoms with Crippen LogP contribution in [-0.4, -0.2) is 19.9 Å². The number of para-hydroxylation sites is 1. The van der Waals surface area contributed by atoms with E-state index in [0.717, 1.165) is 44.5 Å². The van der Waals surface area contributed by atoms with Gasteiger partial charge in [-0.25, -0.2) is 19.9 Å². The Morgan fingerprint density at radius 3 is 1.86 bits per heavy atom. The molecule has 0 saturated carbocycles. The number of hydrogen-bond donors (Lipinski definition) is 0. The van der Waals surface area contributed by atoms with Gasteiger partial charge in [0.2, 0.25) is 0 Å². The van der Waals surface area contributed by atoms with Gasteiger partial charge in [-0.3, -0.25) is 0 Å². The highest BCUT2D eigenvalue weighted by Gasteiger charge is 2.16. The molecule has 0 aliphatic carbocycles. The van der Waals surface area contributed by atoms with Crippen LogP contribution in [0.1, 0.15) is 0 Å². The second-order valence-electron chi connectivity index (χ2n) is 11.1. The molecule has 0 aliphatic rings. The van der Waals surface area contributed by atoms with Crippen LogP contribution in [0.2, 0.25) is 0 Å². The number of fused-ring (bicyclic) bond motifs is 1. The number of hydrogen-bond acceptors (Lipinski definition) is 4. The molecule has 0 radical (unpaired) electrons. The molecule has 9 rings (SSSR count). The van der Waals surface area contributed by atoms with Crippen LogP contribution in [0.15, 0.2) is 146 Å². The van der Waals surface area contributed by atoms with Gasteiger partial charge >= 0.3 is 0 Å². The molecule has 7 aromatic carbocycles. The number of nitrogens with zero attached hydrogens (tertiary/aromatic N) is 4. The second kappa shape index (κ2) is 9.79. The highest BCUT2D eigenvalue weighted by atomic mass is 14.9. The Morgan fingerprint density at radius 1 is 0.386 bits per heavy atom. The first kappa shape index (κ1) is 24.6. The standard InChI is InChI=1S/C40H24N4/c1-2-7-29(8-3-1)40-43-35(25-13-17-30(18-14-25)39-41-24-31-9-4-5-12-34(31)42-39)23-36(44-40)32-21-19-28-16-15-26-10-6-11-27-20-22-33(32)38(28)37(26)27/h1-24H. The Balaban J connectivity index is 1.21. The molecular weight excluding hydrogens is 536 g/mol. The average Bonchev–Trinajstić information content (AvgIpc) is 3.10. The fourth-order valence-electron chi connectivity index (χ4n) is 6.31. The van der Waals surface area contributed by atoms with Crippen molar-refractivity contribution in [2.75, 3.05) is 0 Å². The molecular formula is C40H24N4. The van der Waals surface area contributed by atoms with Gasteiger partial charge in [-0.2, -0.15) is 0 Å². The van der Waals surface area contributed by atoms with Crippen molar-refractivity contribution in [1.29, 1.82) is 0 Å². The summed E-state index contributed by atoms with van der Waals surface area (Å²) in [5.41, 5.74) is 6.74. The lowest BCUT2D eigenvalue weighted by Crippen LogP contribution is -1.97. The molecule has 0 fully saturated rings. The molecule has 2 heterocycles. The Labute approximate surface area is 253 Å². The maximum atomic E-state index is 5.14. The molecule has 0 unspecified atom stereocenters. The molecule has 4 heteroatoms. The molecule has 204 valence electrons. The smallest absolute Gasteiger partial charge is 0.160 e. The largest absolute Gasteiger partial charge is 0.236 e. The molecule has 0 N–H and O–H groups in total. The van der Waals surface area contributed by atoms with Crippen LogP contribution >= 0.6 is 0 Å². The zero-order valence-corrected chi connectivity index (χ0v) is 23.6. The van der Waals surface area contributed by atoms with Gasteiger partial charge in [-0.1, -0.05) is 127 Å². The fourth-order valence-corrected chi connectivity index (χ4v) is 6.31. The summed E-state index contributed by atoms with van der Waals surface area (Å²) in [5, 5.41) is 8.54. The summed E-state index contributed by atoms with van der Waals surface area (Å²) in [4.78, 5) is 19.6. The van der Waals surface area contributed by atoms with E-state index in [1.807, 2.05) is 48.7 Å². The minimum atomic E-state index is 0.700. The van der Waals surface area contributed by atoms with Gasteiger partial charge in [-0.15, -0.1) is 0 Å². The first-order chi connectivity index (χ1) is 21.8. The van der Waals surface area contributed by atoms with Gasteiger partial charge in [0.05, 0.1) is 16.9 Å². The summed E-state index contributed by atoms with van der Waals surface area (Å²) < 4.78 is 0. The van der Waals surface area contributed by atoms with E-state index in [1.54, 1.807) is 0 Å². The quantitative estimate of drug-likeness (QED) is 0.201. The van der Waals surface area contributed by atoms with Crippen molar-refractivity contribution in [1.82, 2.24) is 19.9 Å². The van der Waals surface area contributed by atoms with Gasteiger partial charge in [0, 0.05) is 33.8 Å². The summed E-state index contributed by atoms with van der Waals surface area (Å²) in [6, 6.07) is 48.5. The van der Waals surface area contributed by atoms with Crippen molar-refractivity contribution in [2.24, 2.45) is 0 Å². The SMILES string of the molecule is c1ccc(-c2nc(-c3ccc(-c4ncc5ccccc5n4)cc3)cc(-c3ccc4ccc5cccc6ccc3c4c56)n2)cc1. The van der Waals surface area contributed by atoms with Crippen molar-refractivity contribution in [3.05, 3.63) is 146 Å². The van der Waals surface area contributed by atoms with Crippen molar-refractivity contribution in [3.63, 3.8) is 0 Å². The van der Waals surface area contributed by atoms with Crippen LogP contribution in [0, 0.1) is 0 Å². The Morgan fingerprint density at radius 2 is 1.02 bits per heavy atom. The van der Waals surface area contributed by atoms with E-state index < -0.39 is 0 Å². The van der Waals surface area contributed by atoms with Crippen LogP contribution < -0.4 is 0 Å². The van der Waals surface area contributed by atoms with Crippen LogP contribution in [0.4, 0.5) is 0 Å². The summed E-state index contributed by atoms with van der Waals surface area (Å²) in [5.74, 6) is 1.41. The minimum Gasteiger partial charge on any atom is -0.236 e. The van der Waals surface area contributed by atoms with Gasteiger partial charge in [0.25, 0.3) is 0 Å². The Bertz CT molecular complexity index is 2470. The van der Waals surface area contributed by atoms with Gasteiger partial charge in [-0.05, 0) is 44.5 Å². The maximum Gasteiger partial charge on any atom is 0.160 e. The molecule has 4 nitrogen and oxygen atoms in total. The van der Waals surface area contributed by atoms with E-state index >= 15 is 0 Å². The lowest BCUT2D eigenvalue weighted by molar-refractivity contribution is 1.18. The number of aromatic nitrogens is 4. The van der Waals surface area contributed by atoms with Gasteiger partial charge < -0.3 is 0 Å². The molecule has 9 aromatic rings. The predicted octanol–water partition coefficient (Wildman–Crippen LogP) is 9.99. The molecule has 0 saturated heterocycles. The summed E-state index contributed by atoms with van der Waals surface area (Å²) in [7, 11) is 0. The summed E-state index contributed by atoms with van der Waals surface area (Å²) in [6.45, 7) is 0. The summed E-state index contributed by atoms with van der Waals surface area (Å²) >= 11 is 0.